The lowest BCUT2D eigenvalue weighted by Crippen LogP contribution is -2.51. The summed E-state index contributed by atoms with van der Waals surface area (Å²) < 4.78 is 35.9. The van der Waals surface area contributed by atoms with Crippen LogP contribution in [0, 0.1) is 11.6 Å². The first kappa shape index (κ1) is 24.2. The lowest BCUT2D eigenvalue weighted by molar-refractivity contribution is -0.141. The number of benzene rings is 2. The summed E-state index contributed by atoms with van der Waals surface area (Å²) in [5.74, 6) is -0.777. The van der Waals surface area contributed by atoms with Crippen molar-refractivity contribution in [2.75, 3.05) is 43.4 Å². The van der Waals surface area contributed by atoms with Gasteiger partial charge in [-0.1, -0.05) is 30.3 Å². The molecule has 0 saturated carbocycles. The maximum absolute atomic E-state index is 15.0. The van der Waals surface area contributed by atoms with E-state index in [2.05, 4.69) is 10.1 Å². The molecule has 2 aliphatic heterocycles. The summed E-state index contributed by atoms with van der Waals surface area (Å²) in [6.45, 7) is 2.99. The maximum atomic E-state index is 15.0. The highest BCUT2D eigenvalue weighted by atomic mass is 19.1. The average molecular weight is 520 g/mol. The monoisotopic (exact) mass is 519 g/mol. The predicted molar refractivity (Wildman–Crippen MR) is 138 cm³/mol. The molecular formula is C27H27F2N7O2. The number of hydrogen-bond donors (Lipinski definition) is 1. The molecule has 6 rings (SSSR count). The molecule has 4 heterocycles. The highest BCUT2D eigenvalue weighted by Gasteiger charge is 2.31. The van der Waals surface area contributed by atoms with E-state index in [9.17, 15) is 13.6 Å². The Morgan fingerprint density at radius 2 is 1.84 bits per heavy atom. The van der Waals surface area contributed by atoms with Crippen molar-refractivity contribution < 1.29 is 18.3 Å². The van der Waals surface area contributed by atoms with Crippen molar-refractivity contribution in [1.82, 2.24) is 24.6 Å². The number of carbonyl (C=O) groups is 1. The second kappa shape index (κ2) is 9.97. The fourth-order valence-corrected chi connectivity index (χ4v) is 5.04. The third kappa shape index (κ3) is 4.53. The van der Waals surface area contributed by atoms with Gasteiger partial charge in [-0.3, -0.25) is 4.79 Å². The lowest BCUT2D eigenvalue weighted by Gasteiger charge is -2.35. The minimum absolute atomic E-state index is 0.0139. The Morgan fingerprint density at radius 3 is 2.55 bits per heavy atom. The summed E-state index contributed by atoms with van der Waals surface area (Å²) in [4.78, 5) is 25.9. The number of nitrogens with two attached hydrogens (primary N) is 1. The number of aromatic nitrogens is 4. The Labute approximate surface area is 217 Å². The molecule has 11 heteroatoms. The molecule has 2 saturated heterocycles. The van der Waals surface area contributed by atoms with Crippen LogP contribution < -0.4 is 10.6 Å². The van der Waals surface area contributed by atoms with Gasteiger partial charge in [0, 0.05) is 44.4 Å². The van der Waals surface area contributed by atoms with Gasteiger partial charge in [0.15, 0.2) is 5.65 Å². The number of anilines is 2. The number of fused-ring (bicyclic) bond motifs is 1. The molecule has 1 amide bonds. The molecule has 2 aromatic heterocycles. The summed E-state index contributed by atoms with van der Waals surface area (Å²) >= 11 is 0. The normalized spacial score (nSPS) is 17.9. The van der Waals surface area contributed by atoms with Gasteiger partial charge in [0.1, 0.15) is 23.6 Å². The molecule has 0 bridgehead atoms. The number of nitrogen functional groups attached to an aromatic ring is 1. The Morgan fingerprint density at radius 1 is 1.05 bits per heavy atom. The van der Waals surface area contributed by atoms with E-state index in [0.717, 1.165) is 24.5 Å². The first-order valence-corrected chi connectivity index (χ1v) is 12.7. The highest BCUT2D eigenvalue weighted by Crippen LogP contribution is 2.34. The zero-order valence-electron chi connectivity index (χ0n) is 20.7. The number of halogens is 2. The fraction of sp³-hybridized carbons (Fsp3) is 0.333. The van der Waals surface area contributed by atoms with E-state index in [0.29, 0.717) is 62.1 Å². The molecule has 196 valence electrons. The molecule has 2 fully saturated rings. The van der Waals surface area contributed by atoms with Crippen molar-refractivity contribution in [2.24, 2.45) is 0 Å². The number of piperazine rings is 1. The smallest absolute Gasteiger partial charge is 0.251 e. The number of hydrogen-bond acceptors (Lipinski definition) is 7. The molecule has 2 aromatic carbocycles. The van der Waals surface area contributed by atoms with Gasteiger partial charge in [-0.25, -0.2) is 18.4 Å². The van der Waals surface area contributed by atoms with Crippen LogP contribution in [0.4, 0.5) is 20.5 Å². The zero-order valence-corrected chi connectivity index (χ0v) is 20.7. The van der Waals surface area contributed by atoms with Crippen LogP contribution in [-0.2, 0) is 16.1 Å². The van der Waals surface area contributed by atoms with E-state index in [1.165, 1.54) is 12.1 Å². The standard InChI is InChI=1S/C27H27F2N7O2/c28-18-8-9-19(20(29)15-18)23-22-24(30)36(16-17-5-2-1-3-6-17)33-25(22)32-27(31-23)35-12-10-34(11-13-35)26(37)21-7-4-14-38-21/h1-3,5-6,8-9,15,21H,4,7,10-14,16,30H2. The minimum Gasteiger partial charge on any atom is -0.383 e. The number of ether oxygens (including phenoxy) is 1. The van der Waals surface area contributed by atoms with Crippen LogP contribution >= 0.6 is 0 Å². The third-order valence-corrected chi connectivity index (χ3v) is 7.07. The van der Waals surface area contributed by atoms with Crippen molar-refractivity contribution in [2.45, 2.75) is 25.5 Å². The molecule has 9 nitrogen and oxygen atoms in total. The van der Waals surface area contributed by atoms with Crippen molar-refractivity contribution >= 4 is 28.7 Å². The van der Waals surface area contributed by atoms with E-state index in [4.69, 9.17) is 15.5 Å². The van der Waals surface area contributed by atoms with Crippen LogP contribution in [0.15, 0.2) is 48.5 Å². The largest absolute Gasteiger partial charge is 0.383 e. The zero-order chi connectivity index (χ0) is 26.2. The molecule has 1 unspecified atom stereocenters. The van der Waals surface area contributed by atoms with Crippen LogP contribution in [0.5, 0.6) is 0 Å². The Balaban J connectivity index is 1.36. The summed E-state index contributed by atoms with van der Waals surface area (Å²) in [6.07, 6.45) is 1.28. The molecule has 2 N–H and O–H groups in total. The molecular weight excluding hydrogens is 492 g/mol. The van der Waals surface area contributed by atoms with Crippen LogP contribution in [0.3, 0.4) is 0 Å². The topological polar surface area (TPSA) is 102 Å². The van der Waals surface area contributed by atoms with Crippen LogP contribution in [0.1, 0.15) is 18.4 Å². The van der Waals surface area contributed by atoms with Gasteiger partial charge in [0.05, 0.1) is 17.6 Å². The summed E-state index contributed by atoms with van der Waals surface area (Å²) in [6, 6.07) is 13.1. The summed E-state index contributed by atoms with van der Waals surface area (Å²) in [5, 5.41) is 5.03. The van der Waals surface area contributed by atoms with Crippen LogP contribution in [-0.4, -0.2) is 69.4 Å². The predicted octanol–water partition coefficient (Wildman–Crippen LogP) is 3.23. The van der Waals surface area contributed by atoms with E-state index < -0.39 is 11.6 Å². The van der Waals surface area contributed by atoms with Crippen LogP contribution in [0.25, 0.3) is 22.3 Å². The molecule has 4 aromatic rings. The van der Waals surface area contributed by atoms with Crippen molar-refractivity contribution in [3.63, 3.8) is 0 Å². The van der Waals surface area contributed by atoms with Crippen molar-refractivity contribution in [3.8, 4) is 11.3 Å². The first-order chi connectivity index (χ1) is 18.5. The average Bonchev–Trinajstić information content (AvgIpc) is 3.57. The molecule has 38 heavy (non-hydrogen) atoms. The Kier molecular flexibility index (Phi) is 6.36. The van der Waals surface area contributed by atoms with Gasteiger partial charge in [0.2, 0.25) is 5.95 Å². The number of rotatable bonds is 5. The quantitative estimate of drug-likeness (QED) is 0.432. The third-order valence-electron chi connectivity index (χ3n) is 7.07. The lowest BCUT2D eigenvalue weighted by atomic mass is 10.1. The van der Waals surface area contributed by atoms with Crippen molar-refractivity contribution in [1.29, 1.82) is 0 Å². The van der Waals surface area contributed by atoms with E-state index in [1.807, 2.05) is 35.2 Å². The van der Waals surface area contributed by atoms with E-state index in [1.54, 1.807) is 9.58 Å². The molecule has 1 atom stereocenters. The first-order valence-electron chi connectivity index (χ1n) is 12.7. The summed E-state index contributed by atoms with van der Waals surface area (Å²) in [5.41, 5.74) is 8.16. The van der Waals surface area contributed by atoms with Gasteiger partial charge in [0.25, 0.3) is 5.91 Å². The highest BCUT2D eigenvalue weighted by molar-refractivity contribution is 5.99. The second-order valence-corrected chi connectivity index (χ2v) is 9.54. The molecule has 2 aliphatic rings. The number of carbonyl (C=O) groups excluding carboxylic acids is 1. The van der Waals surface area contributed by atoms with E-state index >= 15 is 0 Å². The van der Waals surface area contributed by atoms with Gasteiger partial charge >= 0.3 is 0 Å². The van der Waals surface area contributed by atoms with Gasteiger partial charge in [-0.15, -0.1) is 5.10 Å². The minimum atomic E-state index is -0.752. The van der Waals surface area contributed by atoms with E-state index in [-0.39, 0.29) is 23.3 Å². The van der Waals surface area contributed by atoms with Crippen molar-refractivity contribution in [3.05, 3.63) is 65.7 Å². The van der Waals surface area contributed by atoms with Gasteiger partial charge in [-0.05, 0) is 30.5 Å². The maximum Gasteiger partial charge on any atom is 0.251 e. The SMILES string of the molecule is Nc1c2c(-c3ccc(F)cc3F)nc(N3CCN(C(=O)C4CCCO4)CC3)nc2nn1Cc1ccccc1. The molecule has 0 radical (unpaired) electrons. The number of nitrogens with zero attached hydrogens (tertiary/aromatic N) is 6. The molecule has 0 aliphatic carbocycles. The Bertz CT molecular complexity index is 1480. The fourth-order valence-electron chi connectivity index (χ4n) is 5.04. The number of amides is 1. The van der Waals surface area contributed by atoms with Gasteiger partial charge < -0.3 is 20.3 Å². The van der Waals surface area contributed by atoms with Gasteiger partial charge in [-0.2, -0.15) is 4.98 Å². The van der Waals surface area contributed by atoms with Crippen LogP contribution in [0.2, 0.25) is 0 Å². The Hall–Kier alpha value is -4.12. The molecule has 0 spiro atoms. The second-order valence-electron chi connectivity index (χ2n) is 9.54. The summed E-state index contributed by atoms with van der Waals surface area (Å²) in [7, 11) is 0.